The summed E-state index contributed by atoms with van der Waals surface area (Å²) in [6.07, 6.45) is -3.21. The zero-order valence-corrected chi connectivity index (χ0v) is 11.2. The molecule has 106 valence electrons. The molecule has 0 aromatic heterocycles. The summed E-state index contributed by atoms with van der Waals surface area (Å²) in [5.41, 5.74) is -1.27. The van der Waals surface area contributed by atoms with Crippen LogP contribution in [0, 0.1) is 0 Å². The summed E-state index contributed by atoms with van der Waals surface area (Å²) in [5.74, 6) is -0.255. The first-order chi connectivity index (χ1) is 8.86. The van der Waals surface area contributed by atoms with Crippen LogP contribution in [0.4, 0.5) is 13.2 Å². The van der Waals surface area contributed by atoms with Crippen molar-refractivity contribution in [2.24, 2.45) is 0 Å². The molecule has 1 rings (SSSR count). The topological polar surface area (TPSA) is 29.1 Å². The lowest BCUT2D eigenvalue weighted by Crippen LogP contribution is -2.33. The highest BCUT2D eigenvalue weighted by molar-refractivity contribution is 6.17. The van der Waals surface area contributed by atoms with E-state index in [-0.39, 0.29) is 11.6 Å². The first-order valence-corrected chi connectivity index (χ1v) is 6.42. The summed E-state index contributed by atoms with van der Waals surface area (Å²) in [6.45, 7) is 1.74. The molecule has 0 fully saturated rings. The van der Waals surface area contributed by atoms with E-state index in [4.69, 9.17) is 11.6 Å². The first kappa shape index (κ1) is 15.8. The van der Waals surface area contributed by atoms with Crippen molar-refractivity contribution in [1.82, 2.24) is 5.32 Å². The lowest BCUT2D eigenvalue weighted by molar-refractivity contribution is -0.137. The maximum Gasteiger partial charge on any atom is 0.417 e. The first-order valence-electron chi connectivity index (χ1n) is 5.89. The van der Waals surface area contributed by atoms with Crippen LogP contribution in [0.25, 0.3) is 0 Å². The van der Waals surface area contributed by atoms with Gasteiger partial charge in [-0.1, -0.05) is 12.1 Å². The standard InChI is InChI=1S/C13H15ClF3NO/c1-9(5-4-8-14)18-12(19)10-6-2-3-7-11(10)13(15,16)17/h2-3,6-7,9H,4-5,8H2,1H3,(H,18,19). The average Bonchev–Trinajstić information content (AvgIpc) is 2.35. The van der Waals surface area contributed by atoms with Crippen LogP contribution in [-0.4, -0.2) is 17.8 Å². The van der Waals surface area contributed by atoms with Gasteiger partial charge < -0.3 is 5.32 Å². The SMILES string of the molecule is CC(CCCCl)NC(=O)c1ccccc1C(F)(F)F. The van der Waals surface area contributed by atoms with E-state index in [2.05, 4.69) is 5.32 Å². The molecule has 0 saturated heterocycles. The van der Waals surface area contributed by atoms with Crippen LogP contribution < -0.4 is 5.32 Å². The van der Waals surface area contributed by atoms with Crippen molar-refractivity contribution < 1.29 is 18.0 Å². The van der Waals surface area contributed by atoms with Gasteiger partial charge in [-0.15, -0.1) is 11.6 Å². The van der Waals surface area contributed by atoms with Gasteiger partial charge >= 0.3 is 6.18 Å². The van der Waals surface area contributed by atoms with Gasteiger partial charge in [0.25, 0.3) is 5.91 Å². The Kier molecular flexibility index (Phi) is 5.66. The fraction of sp³-hybridized carbons (Fsp3) is 0.462. The summed E-state index contributed by atoms with van der Waals surface area (Å²) in [7, 11) is 0. The Morgan fingerprint density at radius 2 is 2.00 bits per heavy atom. The van der Waals surface area contributed by atoms with Crippen LogP contribution in [0.15, 0.2) is 24.3 Å². The van der Waals surface area contributed by atoms with E-state index < -0.39 is 17.6 Å². The van der Waals surface area contributed by atoms with Gasteiger partial charge in [-0.2, -0.15) is 13.2 Å². The zero-order chi connectivity index (χ0) is 14.5. The lowest BCUT2D eigenvalue weighted by Gasteiger charge is -2.16. The molecule has 1 aromatic rings. The predicted molar refractivity (Wildman–Crippen MR) is 68.3 cm³/mol. The van der Waals surface area contributed by atoms with Crippen molar-refractivity contribution in [2.45, 2.75) is 32.0 Å². The number of nitrogens with one attached hydrogen (secondary N) is 1. The third-order valence-corrected chi connectivity index (χ3v) is 2.89. The molecular weight excluding hydrogens is 279 g/mol. The van der Waals surface area contributed by atoms with E-state index in [1.165, 1.54) is 18.2 Å². The van der Waals surface area contributed by atoms with Crippen LogP contribution in [0.5, 0.6) is 0 Å². The van der Waals surface area contributed by atoms with Crippen molar-refractivity contribution >= 4 is 17.5 Å². The molecule has 19 heavy (non-hydrogen) atoms. The second-order valence-corrected chi connectivity index (χ2v) is 4.63. The van der Waals surface area contributed by atoms with Gasteiger partial charge in [0.1, 0.15) is 0 Å². The van der Waals surface area contributed by atoms with Gasteiger partial charge in [-0.05, 0) is 31.9 Å². The molecule has 0 spiro atoms. The second-order valence-electron chi connectivity index (χ2n) is 4.25. The van der Waals surface area contributed by atoms with Gasteiger partial charge in [0.15, 0.2) is 0 Å². The number of halogens is 4. The molecule has 1 unspecified atom stereocenters. The molecule has 0 radical (unpaired) electrons. The van der Waals surface area contributed by atoms with Crippen molar-refractivity contribution in [3.05, 3.63) is 35.4 Å². The van der Waals surface area contributed by atoms with E-state index in [0.717, 1.165) is 6.07 Å². The molecule has 0 bridgehead atoms. The Hall–Kier alpha value is -1.23. The summed E-state index contributed by atoms with van der Waals surface area (Å²) >= 11 is 5.52. The third kappa shape index (κ3) is 4.74. The normalized spacial score (nSPS) is 13.1. The number of hydrogen-bond acceptors (Lipinski definition) is 1. The fourth-order valence-electron chi connectivity index (χ4n) is 1.69. The minimum absolute atomic E-state index is 0.215. The smallest absolute Gasteiger partial charge is 0.350 e. The highest BCUT2D eigenvalue weighted by atomic mass is 35.5. The molecule has 1 amide bonds. The van der Waals surface area contributed by atoms with Crippen LogP contribution in [-0.2, 0) is 6.18 Å². The molecule has 6 heteroatoms. The number of amides is 1. The van der Waals surface area contributed by atoms with Crippen molar-refractivity contribution in [2.75, 3.05) is 5.88 Å². The summed E-state index contributed by atoms with van der Waals surface area (Å²) in [4.78, 5) is 11.8. The second kappa shape index (κ2) is 6.80. The van der Waals surface area contributed by atoms with Gasteiger partial charge in [-0.25, -0.2) is 0 Å². The Morgan fingerprint density at radius 3 is 2.58 bits per heavy atom. The highest BCUT2D eigenvalue weighted by Crippen LogP contribution is 2.31. The van der Waals surface area contributed by atoms with Crippen LogP contribution >= 0.6 is 11.6 Å². The van der Waals surface area contributed by atoms with Crippen LogP contribution in [0.2, 0.25) is 0 Å². The molecule has 0 heterocycles. The average molecular weight is 294 g/mol. The van der Waals surface area contributed by atoms with E-state index in [0.29, 0.717) is 18.7 Å². The monoisotopic (exact) mass is 293 g/mol. The van der Waals surface area contributed by atoms with Gasteiger partial charge in [0.05, 0.1) is 11.1 Å². The number of hydrogen-bond donors (Lipinski definition) is 1. The zero-order valence-electron chi connectivity index (χ0n) is 10.4. The Bertz CT molecular complexity index is 434. The largest absolute Gasteiger partial charge is 0.417 e. The third-order valence-electron chi connectivity index (χ3n) is 2.63. The van der Waals surface area contributed by atoms with Crippen LogP contribution in [0.1, 0.15) is 35.7 Å². The summed E-state index contributed by atoms with van der Waals surface area (Å²) in [6, 6.07) is 4.53. The fourth-order valence-corrected chi connectivity index (χ4v) is 1.84. The molecule has 1 atom stereocenters. The Balaban J connectivity index is 2.83. The van der Waals surface area contributed by atoms with E-state index in [1.807, 2.05) is 0 Å². The van der Waals surface area contributed by atoms with E-state index in [9.17, 15) is 18.0 Å². The maximum absolute atomic E-state index is 12.8. The summed E-state index contributed by atoms with van der Waals surface area (Å²) < 4.78 is 38.3. The van der Waals surface area contributed by atoms with E-state index >= 15 is 0 Å². The maximum atomic E-state index is 12.8. The molecule has 2 nitrogen and oxygen atoms in total. The lowest BCUT2D eigenvalue weighted by atomic mass is 10.1. The molecule has 0 aliphatic carbocycles. The quantitative estimate of drug-likeness (QED) is 0.821. The van der Waals surface area contributed by atoms with Crippen molar-refractivity contribution in [1.29, 1.82) is 0 Å². The minimum atomic E-state index is -4.53. The number of rotatable bonds is 5. The molecule has 0 aliphatic heterocycles. The number of carbonyl (C=O) groups excluding carboxylic acids is 1. The van der Waals surface area contributed by atoms with E-state index in [1.54, 1.807) is 6.92 Å². The highest BCUT2D eigenvalue weighted by Gasteiger charge is 2.34. The minimum Gasteiger partial charge on any atom is -0.350 e. The molecular formula is C13H15ClF3NO. The Morgan fingerprint density at radius 1 is 1.37 bits per heavy atom. The van der Waals surface area contributed by atoms with Gasteiger partial charge in [-0.3, -0.25) is 4.79 Å². The van der Waals surface area contributed by atoms with Crippen molar-refractivity contribution in [3.63, 3.8) is 0 Å². The van der Waals surface area contributed by atoms with Gasteiger partial charge in [0, 0.05) is 11.9 Å². The molecule has 1 aromatic carbocycles. The van der Waals surface area contributed by atoms with Gasteiger partial charge in [0.2, 0.25) is 0 Å². The number of alkyl halides is 4. The van der Waals surface area contributed by atoms with Crippen molar-refractivity contribution in [3.8, 4) is 0 Å². The molecule has 0 aliphatic rings. The molecule has 0 saturated carbocycles. The summed E-state index contributed by atoms with van der Waals surface area (Å²) in [5, 5.41) is 2.55. The predicted octanol–water partition coefficient (Wildman–Crippen LogP) is 3.84. The number of carbonyl (C=O) groups is 1. The van der Waals surface area contributed by atoms with Crippen LogP contribution in [0.3, 0.4) is 0 Å². The Labute approximate surface area is 114 Å². The number of benzene rings is 1. The molecule has 1 N–H and O–H groups in total.